The third-order valence-corrected chi connectivity index (χ3v) is 2.32. The van der Waals surface area contributed by atoms with Gasteiger partial charge in [-0.25, -0.2) is 0 Å². The summed E-state index contributed by atoms with van der Waals surface area (Å²) in [6.45, 7) is 2.26. The lowest BCUT2D eigenvalue weighted by Crippen LogP contribution is -2.38. The van der Waals surface area contributed by atoms with Crippen molar-refractivity contribution in [3.63, 3.8) is 0 Å². The molecule has 1 aliphatic carbocycles. The molecule has 0 aromatic heterocycles. The van der Waals surface area contributed by atoms with Gasteiger partial charge in [0.25, 0.3) is 0 Å². The SMILES string of the molecule is CC1(CCO)C=CC=CC1N. The summed E-state index contributed by atoms with van der Waals surface area (Å²) < 4.78 is 0. The first kappa shape index (κ1) is 8.50. The Hall–Kier alpha value is -0.600. The second kappa shape index (κ2) is 3.20. The van der Waals surface area contributed by atoms with Crippen LogP contribution in [0.4, 0.5) is 0 Å². The van der Waals surface area contributed by atoms with E-state index >= 15 is 0 Å². The predicted molar refractivity (Wildman–Crippen MR) is 46.1 cm³/mol. The summed E-state index contributed by atoms with van der Waals surface area (Å²) in [7, 11) is 0. The van der Waals surface area contributed by atoms with Crippen LogP contribution in [0.5, 0.6) is 0 Å². The number of nitrogens with two attached hydrogens (primary N) is 1. The number of aliphatic hydroxyl groups excluding tert-OH is 1. The topological polar surface area (TPSA) is 46.2 Å². The van der Waals surface area contributed by atoms with Gasteiger partial charge in [0, 0.05) is 18.1 Å². The summed E-state index contributed by atoms with van der Waals surface area (Å²) in [6, 6.07) is 0.0413. The zero-order valence-corrected chi connectivity index (χ0v) is 6.83. The highest BCUT2D eigenvalue weighted by atomic mass is 16.3. The molecule has 3 N–H and O–H groups in total. The second-order valence-electron chi connectivity index (χ2n) is 3.25. The lowest BCUT2D eigenvalue weighted by molar-refractivity contribution is 0.219. The fraction of sp³-hybridized carbons (Fsp3) is 0.556. The van der Waals surface area contributed by atoms with Crippen LogP contribution in [0, 0.1) is 5.41 Å². The van der Waals surface area contributed by atoms with E-state index in [2.05, 4.69) is 13.0 Å². The third kappa shape index (κ3) is 1.70. The number of allylic oxidation sites excluding steroid dienone is 2. The fourth-order valence-electron chi connectivity index (χ4n) is 1.28. The highest BCUT2D eigenvalue weighted by Gasteiger charge is 2.27. The molecule has 2 heteroatoms. The van der Waals surface area contributed by atoms with Crippen molar-refractivity contribution < 1.29 is 5.11 Å². The molecule has 0 saturated heterocycles. The van der Waals surface area contributed by atoms with E-state index in [9.17, 15) is 0 Å². The molecule has 0 heterocycles. The van der Waals surface area contributed by atoms with Gasteiger partial charge in [-0.1, -0.05) is 31.2 Å². The van der Waals surface area contributed by atoms with Gasteiger partial charge < -0.3 is 10.8 Å². The molecule has 0 spiro atoms. The molecule has 0 fully saturated rings. The number of hydrogen-bond donors (Lipinski definition) is 2. The predicted octanol–water partition coefficient (Wildman–Crippen LogP) is 0.828. The zero-order valence-electron chi connectivity index (χ0n) is 6.83. The van der Waals surface area contributed by atoms with Crippen molar-refractivity contribution in [2.24, 2.45) is 11.1 Å². The Morgan fingerprint density at radius 3 is 2.82 bits per heavy atom. The van der Waals surface area contributed by atoms with E-state index in [0.29, 0.717) is 0 Å². The highest BCUT2D eigenvalue weighted by molar-refractivity contribution is 5.21. The maximum absolute atomic E-state index is 8.79. The fourth-order valence-corrected chi connectivity index (χ4v) is 1.28. The molecule has 11 heavy (non-hydrogen) atoms. The van der Waals surface area contributed by atoms with Crippen molar-refractivity contribution in [2.45, 2.75) is 19.4 Å². The van der Waals surface area contributed by atoms with E-state index in [1.54, 1.807) is 0 Å². The first-order valence-corrected chi connectivity index (χ1v) is 3.91. The van der Waals surface area contributed by atoms with Crippen molar-refractivity contribution in [2.75, 3.05) is 6.61 Å². The van der Waals surface area contributed by atoms with Gasteiger partial charge >= 0.3 is 0 Å². The molecule has 1 aliphatic rings. The van der Waals surface area contributed by atoms with Gasteiger partial charge in [-0.2, -0.15) is 0 Å². The molecule has 0 bridgehead atoms. The van der Waals surface area contributed by atoms with Gasteiger partial charge in [-0.05, 0) is 6.42 Å². The summed E-state index contributed by atoms with van der Waals surface area (Å²) in [5, 5.41) is 8.79. The molecule has 0 aliphatic heterocycles. The summed E-state index contributed by atoms with van der Waals surface area (Å²) in [5.74, 6) is 0. The van der Waals surface area contributed by atoms with E-state index in [4.69, 9.17) is 10.8 Å². The van der Waals surface area contributed by atoms with E-state index in [1.165, 1.54) is 0 Å². The average Bonchev–Trinajstić information content (AvgIpc) is 1.96. The molecule has 2 unspecified atom stereocenters. The Kier molecular flexibility index (Phi) is 2.47. The van der Waals surface area contributed by atoms with Crippen LogP contribution in [0.15, 0.2) is 24.3 Å². The molecular formula is C9H15NO. The highest BCUT2D eigenvalue weighted by Crippen LogP contribution is 2.29. The standard InChI is InChI=1S/C9H15NO/c1-9(6-7-11)5-3-2-4-8(9)10/h2-5,8,11H,6-7,10H2,1H3. The summed E-state index contributed by atoms with van der Waals surface area (Å²) in [4.78, 5) is 0. The van der Waals surface area contributed by atoms with Crippen molar-refractivity contribution >= 4 is 0 Å². The minimum atomic E-state index is -0.0521. The van der Waals surface area contributed by atoms with Crippen molar-refractivity contribution in [1.82, 2.24) is 0 Å². The van der Waals surface area contributed by atoms with Crippen molar-refractivity contribution in [3.05, 3.63) is 24.3 Å². The monoisotopic (exact) mass is 153 g/mol. The number of aliphatic hydroxyl groups is 1. The molecule has 0 amide bonds. The largest absolute Gasteiger partial charge is 0.396 e. The summed E-state index contributed by atoms with van der Waals surface area (Å²) >= 11 is 0. The van der Waals surface area contributed by atoms with E-state index in [1.807, 2.05) is 18.2 Å². The average molecular weight is 153 g/mol. The molecule has 2 nitrogen and oxygen atoms in total. The Labute approximate surface area is 67.4 Å². The Balaban J connectivity index is 2.68. The maximum atomic E-state index is 8.79. The van der Waals surface area contributed by atoms with Crippen molar-refractivity contribution in [3.8, 4) is 0 Å². The molecule has 0 saturated carbocycles. The number of rotatable bonds is 2. The molecular weight excluding hydrogens is 138 g/mol. The molecule has 0 radical (unpaired) electrons. The van der Waals surface area contributed by atoms with Crippen molar-refractivity contribution in [1.29, 1.82) is 0 Å². The normalized spacial score (nSPS) is 36.1. The first-order valence-electron chi connectivity index (χ1n) is 3.91. The van der Waals surface area contributed by atoms with E-state index in [-0.39, 0.29) is 18.1 Å². The minimum Gasteiger partial charge on any atom is -0.396 e. The Morgan fingerprint density at radius 2 is 2.27 bits per heavy atom. The molecule has 2 atom stereocenters. The van der Waals surface area contributed by atoms with Crippen LogP contribution >= 0.6 is 0 Å². The van der Waals surface area contributed by atoms with Crippen LogP contribution in [-0.2, 0) is 0 Å². The second-order valence-corrected chi connectivity index (χ2v) is 3.25. The van der Waals surface area contributed by atoms with Crippen LogP contribution in [0.3, 0.4) is 0 Å². The van der Waals surface area contributed by atoms with Crippen LogP contribution in [0.1, 0.15) is 13.3 Å². The van der Waals surface area contributed by atoms with Gasteiger partial charge in [-0.3, -0.25) is 0 Å². The minimum absolute atomic E-state index is 0.0413. The zero-order chi connectivity index (χ0) is 8.32. The van der Waals surface area contributed by atoms with Crippen LogP contribution in [-0.4, -0.2) is 17.8 Å². The van der Waals surface area contributed by atoms with Gasteiger partial charge in [0.05, 0.1) is 0 Å². The van der Waals surface area contributed by atoms with E-state index in [0.717, 1.165) is 6.42 Å². The molecule has 0 aromatic rings. The van der Waals surface area contributed by atoms with Crippen LogP contribution < -0.4 is 5.73 Å². The molecule has 0 aromatic carbocycles. The maximum Gasteiger partial charge on any atom is 0.0439 e. The number of hydrogen-bond acceptors (Lipinski definition) is 2. The van der Waals surface area contributed by atoms with Gasteiger partial charge in [0.15, 0.2) is 0 Å². The molecule has 62 valence electrons. The molecule has 1 rings (SSSR count). The van der Waals surface area contributed by atoms with Gasteiger partial charge in [-0.15, -0.1) is 0 Å². The quantitative estimate of drug-likeness (QED) is 0.617. The van der Waals surface area contributed by atoms with Crippen LogP contribution in [0.2, 0.25) is 0 Å². The Bertz CT molecular complexity index is 186. The summed E-state index contributed by atoms with van der Waals surface area (Å²) in [5.41, 5.74) is 5.80. The first-order chi connectivity index (χ1) is 5.19. The Morgan fingerprint density at radius 1 is 1.55 bits per heavy atom. The lowest BCUT2D eigenvalue weighted by atomic mass is 9.77. The van der Waals surface area contributed by atoms with Gasteiger partial charge in [0.1, 0.15) is 0 Å². The van der Waals surface area contributed by atoms with Gasteiger partial charge in [0.2, 0.25) is 0 Å². The lowest BCUT2D eigenvalue weighted by Gasteiger charge is -2.31. The summed E-state index contributed by atoms with van der Waals surface area (Å²) in [6.07, 6.45) is 8.70. The smallest absolute Gasteiger partial charge is 0.0439 e. The van der Waals surface area contributed by atoms with E-state index < -0.39 is 0 Å². The third-order valence-electron chi connectivity index (χ3n) is 2.32. The van der Waals surface area contributed by atoms with Crippen LogP contribution in [0.25, 0.3) is 0 Å².